The van der Waals surface area contributed by atoms with E-state index in [2.05, 4.69) is 20.2 Å². The van der Waals surface area contributed by atoms with E-state index >= 15 is 0 Å². The van der Waals surface area contributed by atoms with E-state index in [9.17, 15) is 13.2 Å². The Morgan fingerprint density at radius 2 is 2.08 bits per heavy atom. The summed E-state index contributed by atoms with van der Waals surface area (Å²) in [6, 6.07) is 6.05. The first-order valence-corrected chi connectivity index (χ1v) is 10.2. The topological polar surface area (TPSA) is 106 Å². The van der Waals surface area contributed by atoms with Gasteiger partial charge in [-0.05, 0) is 38.0 Å². The van der Waals surface area contributed by atoms with Crippen LogP contribution in [-0.4, -0.2) is 35.1 Å². The second kappa shape index (κ2) is 7.96. The maximum absolute atomic E-state index is 12.5. The van der Waals surface area contributed by atoms with Crippen LogP contribution < -0.4 is 10.0 Å². The van der Waals surface area contributed by atoms with Gasteiger partial charge in [0.15, 0.2) is 5.82 Å². The summed E-state index contributed by atoms with van der Waals surface area (Å²) in [6.45, 7) is 2.89. The highest BCUT2D eigenvalue weighted by atomic mass is 32.2. The fraction of sp³-hybridized carbons (Fsp3) is 0.471. The van der Waals surface area contributed by atoms with Gasteiger partial charge in [0.05, 0.1) is 11.4 Å². The maximum Gasteiger partial charge on any atom is 0.251 e. The van der Waals surface area contributed by atoms with Crippen molar-refractivity contribution < 1.29 is 13.2 Å². The third-order valence-electron chi connectivity index (χ3n) is 4.53. The number of carbonyl (C=O) groups is 1. The fourth-order valence-corrected chi connectivity index (χ4v) is 4.43. The van der Waals surface area contributed by atoms with Crippen molar-refractivity contribution in [3.63, 3.8) is 0 Å². The molecule has 1 aromatic carbocycles. The molecule has 0 radical (unpaired) electrons. The van der Waals surface area contributed by atoms with Gasteiger partial charge in [0.2, 0.25) is 10.0 Å². The minimum atomic E-state index is -3.63. The molecule has 0 bridgehead atoms. The lowest BCUT2D eigenvalue weighted by atomic mass is 10.2. The van der Waals surface area contributed by atoms with E-state index in [1.54, 1.807) is 18.5 Å². The first-order valence-electron chi connectivity index (χ1n) is 8.77. The fourth-order valence-electron chi connectivity index (χ4n) is 3.08. The van der Waals surface area contributed by atoms with Crippen LogP contribution in [-0.2, 0) is 23.1 Å². The second-order valence-corrected chi connectivity index (χ2v) is 8.06. The van der Waals surface area contributed by atoms with E-state index in [4.69, 9.17) is 0 Å². The van der Waals surface area contributed by atoms with Crippen LogP contribution >= 0.6 is 0 Å². The van der Waals surface area contributed by atoms with Crippen molar-refractivity contribution in [3.05, 3.63) is 42.0 Å². The molecule has 1 fully saturated rings. The van der Waals surface area contributed by atoms with Gasteiger partial charge in [-0.3, -0.25) is 4.79 Å². The zero-order valence-corrected chi connectivity index (χ0v) is 15.5. The zero-order valence-electron chi connectivity index (χ0n) is 14.7. The Balaban J connectivity index is 1.68. The highest BCUT2D eigenvalue weighted by Gasteiger charge is 2.23. The number of sulfonamides is 1. The van der Waals surface area contributed by atoms with Crippen molar-refractivity contribution in [1.82, 2.24) is 24.8 Å². The van der Waals surface area contributed by atoms with Crippen molar-refractivity contribution in [1.29, 1.82) is 0 Å². The molecular formula is C17H23N5O3S. The number of rotatable bonds is 7. The Kier molecular flexibility index (Phi) is 5.67. The molecule has 3 rings (SSSR count). The number of nitrogens with zero attached hydrogens (tertiary/aromatic N) is 3. The van der Waals surface area contributed by atoms with E-state index in [0.29, 0.717) is 17.9 Å². The molecule has 0 atom stereocenters. The summed E-state index contributed by atoms with van der Waals surface area (Å²) in [7, 11) is -3.63. The van der Waals surface area contributed by atoms with E-state index in [-0.39, 0.29) is 23.4 Å². The summed E-state index contributed by atoms with van der Waals surface area (Å²) in [5.74, 6) is 0.293. The summed E-state index contributed by atoms with van der Waals surface area (Å²) >= 11 is 0. The van der Waals surface area contributed by atoms with Crippen LogP contribution in [0.4, 0.5) is 0 Å². The average Bonchev–Trinajstić information content (AvgIpc) is 3.30. The number of aryl methyl sites for hydroxylation is 1. The summed E-state index contributed by atoms with van der Waals surface area (Å²) < 4.78 is 29.6. The van der Waals surface area contributed by atoms with Gasteiger partial charge in [-0.15, -0.1) is 10.2 Å². The first kappa shape index (κ1) is 18.5. The van der Waals surface area contributed by atoms with Crippen molar-refractivity contribution in [3.8, 4) is 0 Å². The van der Waals surface area contributed by atoms with Gasteiger partial charge in [0.25, 0.3) is 5.91 Å². The number of nitrogens with one attached hydrogen (secondary N) is 2. The van der Waals surface area contributed by atoms with Gasteiger partial charge < -0.3 is 9.88 Å². The van der Waals surface area contributed by atoms with Crippen molar-refractivity contribution >= 4 is 15.9 Å². The molecule has 26 heavy (non-hydrogen) atoms. The van der Waals surface area contributed by atoms with Gasteiger partial charge in [0, 0.05) is 18.2 Å². The van der Waals surface area contributed by atoms with Crippen molar-refractivity contribution in [2.24, 2.45) is 0 Å². The molecule has 1 aliphatic carbocycles. The van der Waals surface area contributed by atoms with Gasteiger partial charge >= 0.3 is 0 Å². The van der Waals surface area contributed by atoms with Crippen LogP contribution in [0.2, 0.25) is 0 Å². The third kappa shape index (κ3) is 4.28. The number of carbonyl (C=O) groups excluding carboxylic acids is 1. The summed E-state index contributed by atoms with van der Waals surface area (Å²) in [6.07, 6.45) is 5.40. The van der Waals surface area contributed by atoms with Gasteiger partial charge in [-0.1, -0.05) is 18.9 Å². The molecule has 1 saturated carbocycles. The summed E-state index contributed by atoms with van der Waals surface area (Å²) in [5, 5.41) is 10.5. The number of amides is 1. The molecule has 2 N–H and O–H groups in total. The Hall–Kier alpha value is -2.26. The molecular weight excluding hydrogens is 354 g/mol. The molecule has 1 amide bonds. The van der Waals surface area contributed by atoms with Crippen LogP contribution in [0.1, 0.15) is 48.8 Å². The zero-order chi connectivity index (χ0) is 18.6. The van der Waals surface area contributed by atoms with Gasteiger partial charge in [0.1, 0.15) is 6.33 Å². The van der Waals surface area contributed by atoms with Crippen molar-refractivity contribution in [2.45, 2.75) is 56.6 Å². The quantitative estimate of drug-likeness (QED) is 0.760. The normalized spacial score (nSPS) is 15.3. The SMILES string of the molecule is CCn1cnnc1CNC(=O)c1cccc(S(=O)(=O)NC2CCCC2)c1. The highest BCUT2D eigenvalue weighted by molar-refractivity contribution is 7.89. The average molecular weight is 377 g/mol. The number of hydrogen-bond donors (Lipinski definition) is 2. The van der Waals surface area contributed by atoms with Crippen LogP contribution in [0.5, 0.6) is 0 Å². The Labute approximate surface area is 153 Å². The molecule has 0 saturated heterocycles. The van der Waals surface area contributed by atoms with Crippen molar-refractivity contribution in [2.75, 3.05) is 0 Å². The molecule has 9 heteroatoms. The minimum absolute atomic E-state index is 0.0158. The second-order valence-electron chi connectivity index (χ2n) is 6.35. The Bertz CT molecular complexity index is 872. The predicted molar refractivity (Wildman–Crippen MR) is 95.9 cm³/mol. The molecule has 1 aliphatic rings. The first-order chi connectivity index (χ1) is 12.5. The number of hydrogen-bond acceptors (Lipinski definition) is 5. The van der Waals surface area contributed by atoms with Crippen LogP contribution in [0.15, 0.2) is 35.5 Å². The van der Waals surface area contributed by atoms with Gasteiger partial charge in [-0.2, -0.15) is 0 Å². The standard InChI is InChI=1S/C17H23N5O3S/c1-2-22-12-19-20-16(22)11-18-17(23)13-6-5-9-15(10-13)26(24,25)21-14-7-3-4-8-14/h5-6,9-10,12,14,21H,2-4,7-8,11H2,1H3,(H,18,23). The minimum Gasteiger partial charge on any atom is -0.345 e. The molecule has 140 valence electrons. The largest absolute Gasteiger partial charge is 0.345 e. The maximum atomic E-state index is 12.5. The van der Waals surface area contributed by atoms with E-state index in [1.165, 1.54) is 12.1 Å². The lowest BCUT2D eigenvalue weighted by molar-refractivity contribution is 0.0949. The summed E-state index contributed by atoms with van der Waals surface area (Å²) in [4.78, 5) is 12.5. The highest BCUT2D eigenvalue weighted by Crippen LogP contribution is 2.20. The lowest BCUT2D eigenvalue weighted by Crippen LogP contribution is -2.33. The smallest absolute Gasteiger partial charge is 0.251 e. The van der Waals surface area contributed by atoms with Crippen LogP contribution in [0, 0.1) is 0 Å². The monoisotopic (exact) mass is 377 g/mol. The molecule has 2 aromatic rings. The van der Waals surface area contributed by atoms with E-state index in [1.807, 2.05) is 11.5 Å². The van der Waals surface area contributed by atoms with Gasteiger partial charge in [-0.25, -0.2) is 13.1 Å². The van der Waals surface area contributed by atoms with E-state index in [0.717, 1.165) is 25.7 Å². The summed E-state index contributed by atoms with van der Waals surface area (Å²) in [5.41, 5.74) is 0.293. The molecule has 1 heterocycles. The molecule has 8 nitrogen and oxygen atoms in total. The Morgan fingerprint density at radius 1 is 1.31 bits per heavy atom. The molecule has 0 aliphatic heterocycles. The molecule has 0 unspecified atom stereocenters. The predicted octanol–water partition coefficient (Wildman–Crippen LogP) is 1.45. The molecule has 1 aromatic heterocycles. The third-order valence-corrected chi connectivity index (χ3v) is 6.05. The lowest BCUT2D eigenvalue weighted by Gasteiger charge is -2.13. The number of aromatic nitrogens is 3. The van der Waals surface area contributed by atoms with E-state index < -0.39 is 10.0 Å². The molecule has 0 spiro atoms. The number of benzene rings is 1. The van der Waals surface area contributed by atoms with Crippen LogP contribution in [0.3, 0.4) is 0 Å². The Morgan fingerprint density at radius 3 is 2.81 bits per heavy atom. The van der Waals surface area contributed by atoms with Crippen LogP contribution in [0.25, 0.3) is 0 Å².